The number of hydrogen-bond acceptors (Lipinski definition) is 3. The highest BCUT2D eigenvalue weighted by molar-refractivity contribution is 5.77. The summed E-state index contributed by atoms with van der Waals surface area (Å²) in [6.45, 7) is 8.06. The van der Waals surface area contributed by atoms with Crippen LogP contribution in [0.1, 0.15) is 20.8 Å². The molecule has 11 heavy (non-hydrogen) atoms. The lowest BCUT2D eigenvalue weighted by molar-refractivity contribution is -0.116. The van der Waals surface area contributed by atoms with E-state index >= 15 is 0 Å². The van der Waals surface area contributed by atoms with Gasteiger partial charge in [0.25, 0.3) is 0 Å². The highest BCUT2D eigenvalue weighted by Crippen LogP contribution is 1.73. The molecule has 0 atom stereocenters. The average molecular weight is 158 g/mol. The van der Waals surface area contributed by atoms with Gasteiger partial charge in [-0.1, -0.05) is 13.8 Å². The summed E-state index contributed by atoms with van der Waals surface area (Å²) in [5.41, 5.74) is 0. The summed E-state index contributed by atoms with van der Waals surface area (Å²) in [4.78, 5) is 10.5. The van der Waals surface area contributed by atoms with Crippen molar-refractivity contribution in [3.05, 3.63) is 0 Å². The highest BCUT2D eigenvalue weighted by atomic mass is 16.1. The van der Waals surface area contributed by atoms with Crippen LogP contribution in [0.2, 0.25) is 0 Å². The molecule has 2 N–H and O–H groups in total. The molecule has 3 heteroatoms. The van der Waals surface area contributed by atoms with Gasteiger partial charge in [-0.05, 0) is 6.92 Å². The molecule has 0 aliphatic heterocycles. The molecule has 0 aromatic rings. The maximum absolute atomic E-state index is 10.5. The van der Waals surface area contributed by atoms with Gasteiger partial charge in [-0.3, -0.25) is 4.79 Å². The number of nitrogens with one attached hydrogen (secondary N) is 2. The maximum atomic E-state index is 10.5. The van der Waals surface area contributed by atoms with Crippen molar-refractivity contribution < 1.29 is 4.79 Å². The molecule has 0 aromatic heterocycles. The van der Waals surface area contributed by atoms with Crippen LogP contribution in [-0.4, -0.2) is 31.5 Å². The predicted octanol–water partition coefficient (Wildman–Crippen LogP) is 0.163. The zero-order chi connectivity index (χ0) is 8.69. The lowest BCUT2D eigenvalue weighted by atomic mass is 10.4. The van der Waals surface area contributed by atoms with Gasteiger partial charge < -0.3 is 10.6 Å². The largest absolute Gasteiger partial charge is 0.313 e. The second-order valence-corrected chi connectivity index (χ2v) is 2.99. The van der Waals surface area contributed by atoms with Gasteiger partial charge in [-0.2, -0.15) is 0 Å². The third kappa shape index (κ3) is 9.59. The number of Topliss-reactive ketones (excluding diaryl/α,β-unsaturated/α-hetero) is 1. The molecular weight excluding hydrogens is 140 g/mol. The zero-order valence-corrected chi connectivity index (χ0v) is 7.61. The molecule has 0 aliphatic rings. The highest BCUT2D eigenvalue weighted by Gasteiger charge is 1.92. The fourth-order valence-electron chi connectivity index (χ4n) is 0.714. The Hall–Kier alpha value is -0.410. The normalized spacial score (nSPS) is 10.5. The first-order chi connectivity index (χ1) is 5.13. The molecule has 0 amide bonds. The van der Waals surface area contributed by atoms with Gasteiger partial charge in [0, 0.05) is 19.1 Å². The van der Waals surface area contributed by atoms with Crippen molar-refractivity contribution >= 4 is 5.78 Å². The van der Waals surface area contributed by atoms with Crippen LogP contribution in [0, 0.1) is 0 Å². The molecule has 0 aromatic carbocycles. The van der Waals surface area contributed by atoms with Gasteiger partial charge in [0.05, 0.1) is 6.54 Å². The Labute approximate surface area is 68.6 Å². The second kappa shape index (κ2) is 6.31. The van der Waals surface area contributed by atoms with Gasteiger partial charge in [-0.15, -0.1) is 0 Å². The van der Waals surface area contributed by atoms with E-state index in [9.17, 15) is 4.79 Å². The van der Waals surface area contributed by atoms with Crippen LogP contribution in [0.15, 0.2) is 0 Å². The topological polar surface area (TPSA) is 41.1 Å². The zero-order valence-electron chi connectivity index (χ0n) is 7.61. The second-order valence-electron chi connectivity index (χ2n) is 2.99. The van der Waals surface area contributed by atoms with E-state index in [4.69, 9.17) is 0 Å². The van der Waals surface area contributed by atoms with Crippen LogP contribution in [0.3, 0.4) is 0 Å². The summed E-state index contributed by atoms with van der Waals surface area (Å²) in [6.07, 6.45) is 0. The van der Waals surface area contributed by atoms with Crippen molar-refractivity contribution in [2.45, 2.75) is 26.8 Å². The first-order valence-electron chi connectivity index (χ1n) is 4.06. The summed E-state index contributed by atoms with van der Waals surface area (Å²) in [6, 6.07) is 0.522. The van der Waals surface area contributed by atoms with Crippen LogP contribution in [0.4, 0.5) is 0 Å². The van der Waals surface area contributed by atoms with Crippen LogP contribution in [-0.2, 0) is 4.79 Å². The Balaban J connectivity index is 2.97. The van der Waals surface area contributed by atoms with Crippen molar-refractivity contribution in [2.24, 2.45) is 0 Å². The van der Waals surface area contributed by atoms with Crippen LogP contribution in [0.5, 0.6) is 0 Å². The number of carbonyl (C=O) groups excluding carboxylic acids is 1. The third-order valence-electron chi connectivity index (χ3n) is 1.23. The Morgan fingerprint density at radius 3 is 2.45 bits per heavy atom. The Morgan fingerprint density at radius 1 is 1.36 bits per heavy atom. The molecule has 0 saturated heterocycles. The van der Waals surface area contributed by atoms with Crippen LogP contribution < -0.4 is 10.6 Å². The molecule has 0 saturated carbocycles. The van der Waals surface area contributed by atoms with Crippen molar-refractivity contribution in [3.63, 3.8) is 0 Å². The third-order valence-corrected chi connectivity index (χ3v) is 1.23. The summed E-state index contributed by atoms with van der Waals surface area (Å²) < 4.78 is 0. The molecule has 0 fully saturated rings. The van der Waals surface area contributed by atoms with E-state index < -0.39 is 0 Å². The average Bonchev–Trinajstić information content (AvgIpc) is 1.85. The van der Waals surface area contributed by atoms with E-state index in [1.807, 2.05) is 0 Å². The predicted molar refractivity (Wildman–Crippen MR) is 46.7 cm³/mol. The molecule has 0 aliphatic carbocycles. The Morgan fingerprint density at radius 2 is 2.00 bits per heavy atom. The summed E-state index contributed by atoms with van der Waals surface area (Å²) >= 11 is 0. The number of carbonyl (C=O) groups is 1. The van der Waals surface area contributed by atoms with Crippen molar-refractivity contribution in [1.29, 1.82) is 0 Å². The van der Waals surface area contributed by atoms with Gasteiger partial charge in [0.15, 0.2) is 0 Å². The Kier molecular flexibility index (Phi) is 6.07. The van der Waals surface area contributed by atoms with E-state index in [0.717, 1.165) is 13.1 Å². The molecule has 0 radical (unpaired) electrons. The van der Waals surface area contributed by atoms with Crippen molar-refractivity contribution in [1.82, 2.24) is 10.6 Å². The molecule has 0 unspecified atom stereocenters. The quantitative estimate of drug-likeness (QED) is 0.541. The minimum Gasteiger partial charge on any atom is -0.313 e. The molecule has 0 heterocycles. The SMILES string of the molecule is CC(=O)CNCCNC(C)C. The summed E-state index contributed by atoms with van der Waals surface area (Å²) in [7, 11) is 0. The van der Waals surface area contributed by atoms with Crippen molar-refractivity contribution in [2.75, 3.05) is 19.6 Å². The number of hydrogen-bond donors (Lipinski definition) is 2. The summed E-state index contributed by atoms with van der Waals surface area (Å²) in [5.74, 6) is 0.189. The Bertz CT molecular complexity index is 113. The van der Waals surface area contributed by atoms with Gasteiger partial charge in [0.2, 0.25) is 0 Å². The lowest BCUT2D eigenvalue weighted by Gasteiger charge is -2.07. The van der Waals surface area contributed by atoms with E-state index in [1.165, 1.54) is 0 Å². The first kappa shape index (κ1) is 10.6. The minimum absolute atomic E-state index is 0.189. The molecule has 0 bridgehead atoms. The minimum atomic E-state index is 0.189. The first-order valence-corrected chi connectivity index (χ1v) is 4.06. The fraction of sp³-hybridized carbons (Fsp3) is 0.875. The smallest absolute Gasteiger partial charge is 0.143 e. The van der Waals surface area contributed by atoms with E-state index in [0.29, 0.717) is 12.6 Å². The molecule has 3 nitrogen and oxygen atoms in total. The van der Waals surface area contributed by atoms with E-state index in [1.54, 1.807) is 6.92 Å². The van der Waals surface area contributed by atoms with E-state index in [2.05, 4.69) is 24.5 Å². The number of ketones is 1. The monoisotopic (exact) mass is 158 g/mol. The fourth-order valence-corrected chi connectivity index (χ4v) is 0.714. The van der Waals surface area contributed by atoms with Gasteiger partial charge in [-0.25, -0.2) is 0 Å². The lowest BCUT2D eigenvalue weighted by Crippen LogP contribution is -2.33. The van der Waals surface area contributed by atoms with Crippen LogP contribution >= 0.6 is 0 Å². The number of rotatable bonds is 6. The molecule has 0 rings (SSSR count). The molecular formula is C8H18N2O. The maximum Gasteiger partial charge on any atom is 0.143 e. The molecule has 66 valence electrons. The van der Waals surface area contributed by atoms with Crippen molar-refractivity contribution in [3.8, 4) is 0 Å². The van der Waals surface area contributed by atoms with Gasteiger partial charge in [0.1, 0.15) is 5.78 Å². The standard InChI is InChI=1S/C8H18N2O/c1-7(2)10-5-4-9-6-8(3)11/h7,9-10H,4-6H2,1-3H3. The van der Waals surface area contributed by atoms with Crippen LogP contribution in [0.25, 0.3) is 0 Å². The van der Waals surface area contributed by atoms with Gasteiger partial charge >= 0.3 is 0 Å². The molecule has 0 spiro atoms. The van der Waals surface area contributed by atoms with E-state index in [-0.39, 0.29) is 5.78 Å². The summed E-state index contributed by atoms with van der Waals surface area (Å²) in [5, 5.41) is 6.27.